The van der Waals surface area contributed by atoms with Crippen LogP contribution in [-0.4, -0.2) is 40.2 Å². The number of hydrogen-bond donors (Lipinski definition) is 0. The second kappa shape index (κ2) is 9.35. The van der Waals surface area contributed by atoms with E-state index in [0.29, 0.717) is 0 Å². The van der Waals surface area contributed by atoms with Crippen LogP contribution in [0.1, 0.15) is 0 Å². The van der Waals surface area contributed by atoms with Crippen molar-refractivity contribution in [3.63, 3.8) is 0 Å². The van der Waals surface area contributed by atoms with E-state index in [1.807, 2.05) is 0 Å². The van der Waals surface area contributed by atoms with Crippen molar-refractivity contribution in [2.45, 2.75) is 0 Å². The van der Waals surface area contributed by atoms with Crippen LogP contribution in [-0.2, 0) is 0 Å². The van der Waals surface area contributed by atoms with E-state index in [-0.39, 0.29) is 29.6 Å². The molecule has 0 unspecified atom stereocenters. The molecule has 27 valence electrons. The van der Waals surface area contributed by atoms with Gasteiger partial charge in [0, 0.05) is 40.2 Å². The first kappa shape index (κ1) is 10.0. The Morgan fingerprint density at radius 3 is 1.20 bits per heavy atom. The summed E-state index contributed by atoms with van der Waals surface area (Å²) in [5, 5.41) is 2.10. The Morgan fingerprint density at radius 1 is 1.00 bits per heavy atom. The van der Waals surface area contributed by atoms with Crippen LogP contribution in [0.3, 0.4) is 0 Å². The van der Waals surface area contributed by atoms with E-state index in [1.165, 1.54) is 0 Å². The molecule has 0 aliphatic rings. The van der Waals surface area contributed by atoms with E-state index >= 15 is 0 Å². The summed E-state index contributed by atoms with van der Waals surface area (Å²) in [6.45, 7) is 0. The molecule has 0 fully saturated rings. The Kier molecular flexibility index (Phi) is 18.8. The van der Waals surface area contributed by atoms with Crippen LogP contribution in [0, 0.1) is 0 Å². The molecule has 0 aromatic carbocycles. The van der Waals surface area contributed by atoms with Gasteiger partial charge in [-0.15, -0.1) is 0 Å². The molecule has 5 heavy (non-hydrogen) atoms. The van der Waals surface area contributed by atoms with Gasteiger partial charge in [0.25, 0.3) is 0 Å². The zero-order valence-corrected chi connectivity index (χ0v) is 8.34. The second-order valence-electron chi connectivity index (χ2n) is 0.378. The van der Waals surface area contributed by atoms with Crippen LogP contribution in [0.25, 0.3) is 0 Å². The summed E-state index contributed by atoms with van der Waals surface area (Å²) in [6, 6.07) is 0. The van der Waals surface area contributed by atoms with Gasteiger partial charge >= 0.3 is 0 Å². The fraction of sp³-hybridized carbons (Fsp3) is 1.00. The second-order valence-corrected chi connectivity index (χ2v) is 1.96. The van der Waals surface area contributed by atoms with Crippen LogP contribution >= 0.6 is 31.9 Å². The average Bonchev–Trinajstić information content (AvgIpc) is 1.37. The summed E-state index contributed by atoms with van der Waals surface area (Å²) in [5.74, 6) is 0. The minimum atomic E-state index is 0. The molecule has 0 aromatic heterocycles. The first-order chi connectivity index (χ1) is 1.91. The van der Waals surface area contributed by atoms with Crippen molar-refractivity contribution in [1.82, 2.24) is 0 Å². The van der Waals surface area contributed by atoms with Crippen molar-refractivity contribution in [1.29, 1.82) is 0 Å². The Balaban J connectivity index is 0. The number of rotatable bonds is 1. The zero-order valence-electron chi connectivity index (χ0n) is 3.17. The predicted octanol–water partition coefficient (Wildman–Crippen LogP) is 1.40. The molecule has 0 nitrogen and oxygen atoms in total. The molecule has 0 rings (SSSR count). The standard InChI is InChI=1S/C2H4Br2.Na/c3-1-2-4;/h1-2H2;. The van der Waals surface area contributed by atoms with Gasteiger partial charge in [-0.25, -0.2) is 0 Å². The molecule has 0 spiro atoms. The summed E-state index contributed by atoms with van der Waals surface area (Å²) >= 11 is 6.40. The van der Waals surface area contributed by atoms with Gasteiger partial charge in [-0.1, -0.05) is 31.9 Å². The van der Waals surface area contributed by atoms with E-state index in [1.54, 1.807) is 0 Å². The van der Waals surface area contributed by atoms with E-state index in [4.69, 9.17) is 0 Å². The van der Waals surface area contributed by atoms with Gasteiger partial charge in [-0.2, -0.15) is 0 Å². The largest absolute Gasteiger partial charge is 0.0919 e. The molecule has 0 bridgehead atoms. The number of halogens is 2. The van der Waals surface area contributed by atoms with E-state index < -0.39 is 0 Å². The van der Waals surface area contributed by atoms with E-state index in [9.17, 15) is 0 Å². The zero-order chi connectivity index (χ0) is 3.41. The summed E-state index contributed by atoms with van der Waals surface area (Å²) < 4.78 is 0. The molecule has 0 aromatic rings. The molecule has 0 saturated carbocycles. The molecule has 0 saturated heterocycles. The number of hydrogen-bond acceptors (Lipinski definition) is 0. The van der Waals surface area contributed by atoms with Crippen LogP contribution in [0.4, 0.5) is 0 Å². The molecule has 0 heterocycles. The summed E-state index contributed by atoms with van der Waals surface area (Å²) in [5.41, 5.74) is 0. The minimum Gasteiger partial charge on any atom is -0.0919 e. The molecule has 0 aliphatic heterocycles. The molecule has 0 atom stereocenters. The van der Waals surface area contributed by atoms with Crippen LogP contribution in [0.15, 0.2) is 0 Å². The van der Waals surface area contributed by atoms with E-state index in [0.717, 1.165) is 10.7 Å². The maximum Gasteiger partial charge on any atom is 0.0129 e. The van der Waals surface area contributed by atoms with Crippen molar-refractivity contribution in [3.8, 4) is 0 Å². The Morgan fingerprint density at radius 2 is 1.20 bits per heavy atom. The van der Waals surface area contributed by atoms with Gasteiger partial charge in [0.2, 0.25) is 0 Å². The smallest absolute Gasteiger partial charge is 0.0129 e. The maximum atomic E-state index is 3.20. The third-order valence-electron chi connectivity index (χ3n) is 0.0714. The van der Waals surface area contributed by atoms with Crippen molar-refractivity contribution >= 4 is 61.4 Å². The topological polar surface area (TPSA) is 0 Å². The van der Waals surface area contributed by atoms with Crippen LogP contribution < -0.4 is 0 Å². The third-order valence-corrected chi connectivity index (χ3v) is 1.93. The van der Waals surface area contributed by atoms with Crippen molar-refractivity contribution in [2.75, 3.05) is 10.7 Å². The quantitative estimate of drug-likeness (QED) is 0.454. The minimum absolute atomic E-state index is 0. The van der Waals surface area contributed by atoms with Gasteiger partial charge in [0.05, 0.1) is 0 Å². The Bertz CT molecular complexity index is 9.61. The molecule has 0 aliphatic carbocycles. The molecule has 1 radical (unpaired) electrons. The van der Waals surface area contributed by atoms with Crippen molar-refractivity contribution in [3.05, 3.63) is 0 Å². The average molecular weight is 211 g/mol. The van der Waals surface area contributed by atoms with Gasteiger partial charge < -0.3 is 0 Å². The molecular formula is C2H4Br2Na. The first-order valence-corrected chi connectivity index (χ1v) is 3.28. The number of alkyl halides is 2. The monoisotopic (exact) mass is 209 g/mol. The molecular weight excluding hydrogens is 207 g/mol. The third kappa shape index (κ3) is 10.7. The Labute approximate surface area is 71.3 Å². The first-order valence-electron chi connectivity index (χ1n) is 1.03. The predicted molar refractivity (Wildman–Crippen MR) is 33.3 cm³/mol. The normalized spacial score (nSPS) is 6.00. The summed E-state index contributed by atoms with van der Waals surface area (Å²) in [6.07, 6.45) is 0. The van der Waals surface area contributed by atoms with Gasteiger partial charge in [0.1, 0.15) is 0 Å². The summed E-state index contributed by atoms with van der Waals surface area (Å²) in [4.78, 5) is 0. The molecule has 0 N–H and O–H groups in total. The van der Waals surface area contributed by atoms with Gasteiger partial charge in [-0.05, 0) is 0 Å². The summed E-state index contributed by atoms with van der Waals surface area (Å²) in [7, 11) is 0. The van der Waals surface area contributed by atoms with Crippen molar-refractivity contribution < 1.29 is 0 Å². The molecule has 0 amide bonds. The van der Waals surface area contributed by atoms with Gasteiger partial charge in [-0.3, -0.25) is 0 Å². The van der Waals surface area contributed by atoms with Crippen molar-refractivity contribution in [2.24, 2.45) is 0 Å². The maximum absolute atomic E-state index is 3.20. The van der Waals surface area contributed by atoms with Crippen LogP contribution in [0.5, 0.6) is 0 Å². The van der Waals surface area contributed by atoms with Crippen LogP contribution in [0.2, 0.25) is 0 Å². The van der Waals surface area contributed by atoms with Gasteiger partial charge in [0.15, 0.2) is 0 Å². The Hall–Kier alpha value is 1.96. The van der Waals surface area contributed by atoms with E-state index in [2.05, 4.69) is 31.9 Å². The fourth-order valence-electron chi connectivity index (χ4n) is 0. The molecule has 3 heteroatoms. The SMILES string of the molecule is BrCCBr.[Na]. The fourth-order valence-corrected chi connectivity index (χ4v) is 0.